The molecule has 0 aliphatic rings. The van der Waals surface area contributed by atoms with Crippen LogP contribution in [-0.2, 0) is 0 Å². The lowest BCUT2D eigenvalue weighted by Gasteiger charge is -2.09. The van der Waals surface area contributed by atoms with Crippen LogP contribution in [0.25, 0.3) is 0 Å². The zero-order chi connectivity index (χ0) is 11.4. The molecule has 0 N–H and O–H groups in total. The van der Waals surface area contributed by atoms with E-state index in [1.165, 1.54) is 19.1 Å². The Bertz CT molecular complexity index is 368. The molecule has 0 atom stereocenters. The summed E-state index contributed by atoms with van der Waals surface area (Å²) in [4.78, 5) is 14.2. The Balaban J connectivity index is 2.78. The maximum atomic E-state index is 11.8. The lowest BCUT2D eigenvalue weighted by Crippen LogP contribution is -2.23. The maximum absolute atomic E-state index is 11.8. The predicted molar refractivity (Wildman–Crippen MR) is 44.8 cm³/mol. The molecule has 0 aliphatic heterocycles. The number of pyridine rings is 1. The fourth-order valence-corrected chi connectivity index (χ4v) is 0.983. The van der Waals surface area contributed by atoms with Crippen molar-refractivity contribution in [2.45, 2.75) is 13.3 Å². The predicted octanol–water partition coefficient (Wildman–Crippen LogP) is 0.397. The lowest BCUT2D eigenvalue weighted by molar-refractivity contribution is -0.255. The molecule has 0 fully saturated rings. The summed E-state index contributed by atoms with van der Waals surface area (Å²) in [5.41, 5.74) is 0.0844. The third-order valence-electron chi connectivity index (χ3n) is 1.64. The number of hydrogen-bond donors (Lipinski definition) is 0. The molecule has 1 heterocycles. The van der Waals surface area contributed by atoms with Gasteiger partial charge in [-0.2, -0.15) is 0 Å². The van der Waals surface area contributed by atoms with Gasteiger partial charge in [0.05, 0.1) is 11.7 Å². The van der Waals surface area contributed by atoms with Crippen molar-refractivity contribution in [1.82, 2.24) is 4.98 Å². The van der Waals surface area contributed by atoms with Gasteiger partial charge in [-0.05, 0) is 13.0 Å². The molecule has 0 spiro atoms. The van der Waals surface area contributed by atoms with Crippen molar-refractivity contribution in [2.24, 2.45) is 0 Å². The number of alkyl halides is 2. The number of carbonyl (C=O) groups is 1. The van der Waals surface area contributed by atoms with E-state index in [2.05, 4.69) is 9.72 Å². The third kappa shape index (κ3) is 3.16. The van der Waals surface area contributed by atoms with Gasteiger partial charge in [0, 0.05) is 11.6 Å². The minimum Gasteiger partial charge on any atom is -0.545 e. The van der Waals surface area contributed by atoms with Gasteiger partial charge in [0.25, 0.3) is 6.43 Å². The average molecular weight is 216 g/mol. The molecular formula is C9H8F2NO3-. The third-order valence-corrected chi connectivity index (χ3v) is 1.64. The van der Waals surface area contributed by atoms with Crippen molar-refractivity contribution < 1.29 is 23.4 Å². The molecular weight excluding hydrogens is 208 g/mol. The molecule has 0 saturated heterocycles. The maximum Gasteiger partial charge on any atom is 0.272 e. The Morgan fingerprint density at radius 3 is 2.73 bits per heavy atom. The van der Waals surface area contributed by atoms with Gasteiger partial charge >= 0.3 is 0 Å². The molecule has 6 heteroatoms. The number of aromatic nitrogens is 1. The van der Waals surface area contributed by atoms with Crippen LogP contribution >= 0.6 is 0 Å². The number of carboxylic acid groups (broad SMARTS) is 1. The fourth-order valence-electron chi connectivity index (χ4n) is 0.983. The highest BCUT2D eigenvalue weighted by Gasteiger charge is 2.06. The number of ether oxygens (including phenoxy) is 1. The van der Waals surface area contributed by atoms with Gasteiger partial charge in [-0.1, -0.05) is 0 Å². The lowest BCUT2D eigenvalue weighted by atomic mass is 10.2. The topological polar surface area (TPSA) is 62.2 Å². The second kappa shape index (κ2) is 4.68. The van der Waals surface area contributed by atoms with Crippen LogP contribution in [0.3, 0.4) is 0 Å². The van der Waals surface area contributed by atoms with Crippen molar-refractivity contribution >= 4 is 5.97 Å². The number of carbonyl (C=O) groups excluding carboxylic acids is 1. The van der Waals surface area contributed by atoms with Gasteiger partial charge in [-0.25, -0.2) is 13.8 Å². The zero-order valence-corrected chi connectivity index (χ0v) is 7.87. The van der Waals surface area contributed by atoms with Crippen LogP contribution in [0.2, 0.25) is 0 Å². The molecule has 0 saturated carbocycles. The summed E-state index contributed by atoms with van der Waals surface area (Å²) in [6, 6.07) is 2.42. The summed E-state index contributed by atoms with van der Waals surface area (Å²) in [6.45, 7) is 0.664. The van der Waals surface area contributed by atoms with Gasteiger partial charge in [0.15, 0.2) is 6.61 Å². The van der Waals surface area contributed by atoms with Crippen molar-refractivity contribution in [3.63, 3.8) is 0 Å². The highest BCUT2D eigenvalue weighted by atomic mass is 19.3. The standard InChI is InChI=1S/C9H9F2NO3/c1-5-6(9(13)14)2-3-8(12-5)15-4-7(10)11/h2-3,7H,4H2,1H3,(H,13,14)/p-1. The van der Waals surface area contributed by atoms with Crippen LogP contribution < -0.4 is 9.84 Å². The normalized spacial score (nSPS) is 10.4. The van der Waals surface area contributed by atoms with Crippen molar-refractivity contribution in [2.75, 3.05) is 6.61 Å². The van der Waals surface area contributed by atoms with Crippen molar-refractivity contribution in [3.05, 3.63) is 23.4 Å². The second-order valence-electron chi connectivity index (χ2n) is 2.77. The largest absolute Gasteiger partial charge is 0.545 e. The van der Waals surface area contributed by atoms with Gasteiger partial charge in [-0.3, -0.25) is 0 Å². The van der Waals surface area contributed by atoms with E-state index in [-0.39, 0.29) is 17.1 Å². The zero-order valence-electron chi connectivity index (χ0n) is 7.87. The number of aromatic carboxylic acids is 1. The van der Waals surface area contributed by atoms with E-state index in [1.807, 2.05) is 0 Å². The van der Waals surface area contributed by atoms with Crippen molar-refractivity contribution in [3.8, 4) is 5.88 Å². The highest BCUT2D eigenvalue weighted by molar-refractivity contribution is 5.86. The number of aryl methyl sites for hydroxylation is 1. The van der Waals surface area contributed by atoms with Gasteiger partial charge in [0.2, 0.25) is 5.88 Å². The molecule has 82 valence electrons. The number of halogens is 2. The quantitative estimate of drug-likeness (QED) is 0.730. The molecule has 0 aliphatic carbocycles. The monoisotopic (exact) mass is 216 g/mol. The summed E-state index contributed by atoms with van der Waals surface area (Å²) in [6.07, 6.45) is -2.59. The van der Waals surface area contributed by atoms with E-state index >= 15 is 0 Å². The highest BCUT2D eigenvalue weighted by Crippen LogP contribution is 2.12. The average Bonchev–Trinajstić information content (AvgIpc) is 2.14. The fraction of sp³-hybridized carbons (Fsp3) is 0.333. The van der Waals surface area contributed by atoms with E-state index < -0.39 is 19.0 Å². The Kier molecular flexibility index (Phi) is 3.54. The number of hydrogen-bond acceptors (Lipinski definition) is 4. The molecule has 0 bridgehead atoms. The minimum atomic E-state index is -2.59. The first kappa shape index (κ1) is 11.4. The van der Waals surface area contributed by atoms with Crippen LogP contribution in [0, 0.1) is 6.92 Å². The SMILES string of the molecule is Cc1nc(OCC(F)F)ccc1C(=O)[O-]. The van der Waals surface area contributed by atoms with Crippen LogP contribution in [0.1, 0.15) is 16.1 Å². The van der Waals surface area contributed by atoms with E-state index in [0.717, 1.165) is 0 Å². The van der Waals surface area contributed by atoms with Gasteiger partial charge in [-0.15, -0.1) is 0 Å². The Morgan fingerprint density at radius 1 is 1.60 bits per heavy atom. The molecule has 4 nitrogen and oxygen atoms in total. The second-order valence-corrected chi connectivity index (χ2v) is 2.77. The first-order valence-corrected chi connectivity index (χ1v) is 4.10. The van der Waals surface area contributed by atoms with Gasteiger partial charge < -0.3 is 14.6 Å². The smallest absolute Gasteiger partial charge is 0.272 e. The molecule has 0 radical (unpaired) electrons. The number of rotatable bonds is 4. The molecule has 0 aromatic carbocycles. The number of nitrogens with zero attached hydrogens (tertiary/aromatic N) is 1. The Labute approximate surface area is 84.5 Å². The Morgan fingerprint density at radius 2 is 2.27 bits per heavy atom. The van der Waals surface area contributed by atoms with Crippen molar-refractivity contribution in [1.29, 1.82) is 0 Å². The Hall–Kier alpha value is -1.72. The summed E-state index contributed by atoms with van der Waals surface area (Å²) < 4.78 is 28.2. The summed E-state index contributed by atoms with van der Waals surface area (Å²) in [5, 5.41) is 10.5. The minimum absolute atomic E-state index is 0.0298. The molecule has 1 aromatic heterocycles. The summed E-state index contributed by atoms with van der Waals surface area (Å²) in [5.74, 6) is -1.39. The molecule has 15 heavy (non-hydrogen) atoms. The molecule has 1 aromatic rings. The van der Waals surface area contributed by atoms with E-state index in [0.29, 0.717) is 0 Å². The van der Waals surface area contributed by atoms with Crippen LogP contribution in [0.5, 0.6) is 5.88 Å². The van der Waals surface area contributed by atoms with E-state index in [4.69, 9.17) is 0 Å². The number of carboxylic acids is 1. The van der Waals surface area contributed by atoms with E-state index in [1.54, 1.807) is 0 Å². The van der Waals surface area contributed by atoms with Crippen LogP contribution in [-0.4, -0.2) is 24.0 Å². The summed E-state index contributed by atoms with van der Waals surface area (Å²) in [7, 11) is 0. The molecule has 0 unspecified atom stereocenters. The first-order valence-electron chi connectivity index (χ1n) is 4.10. The van der Waals surface area contributed by atoms with Gasteiger partial charge in [0.1, 0.15) is 0 Å². The van der Waals surface area contributed by atoms with Crippen LogP contribution in [0.4, 0.5) is 8.78 Å². The van der Waals surface area contributed by atoms with Crippen LogP contribution in [0.15, 0.2) is 12.1 Å². The van der Waals surface area contributed by atoms with E-state index in [9.17, 15) is 18.7 Å². The first-order chi connectivity index (χ1) is 7.00. The summed E-state index contributed by atoms with van der Waals surface area (Å²) >= 11 is 0. The molecule has 0 amide bonds. The molecule has 1 rings (SSSR count).